The van der Waals surface area contributed by atoms with Crippen LogP contribution in [0.4, 0.5) is 5.69 Å². The lowest BCUT2D eigenvalue weighted by molar-refractivity contribution is -0.113. The molecule has 4 aromatic rings. The predicted molar refractivity (Wildman–Crippen MR) is 118 cm³/mol. The molecule has 10 heteroatoms. The van der Waals surface area contributed by atoms with Gasteiger partial charge in [0.2, 0.25) is 5.91 Å². The number of aromatic nitrogens is 5. The second-order valence-corrected chi connectivity index (χ2v) is 7.45. The molecular weight excluding hydrogens is 416 g/mol. The Labute approximate surface area is 182 Å². The smallest absolute Gasteiger partial charge is 0.234 e. The van der Waals surface area contributed by atoms with E-state index in [9.17, 15) is 4.79 Å². The van der Waals surface area contributed by atoms with Gasteiger partial charge in [-0.3, -0.25) is 4.79 Å². The number of fused-ring (bicyclic) bond motifs is 1. The number of anilines is 1. The first-order valence-corrected chi connectivity index (χ1v) is 10.4. The molecule has 1 amide bonds. The Kier molecular flexibility index (Phi) is 6.27. The summed E-state index contributed by atoms with van der Waals surface area (Å²) in [4.78, 5) is 21.1. The summed E-state index contributed by atoms with van der Waals surface area (Å²) in [7, 11) is 3.11. The SMILES string of the molecule is COc1ccc(OC)c(NC(=O)CSc2ncnc3c2nnn3Cc2ccccc2)c1. The van der Waals surface area contributed by atoms with Crippen LogP contribution in [0.25, 0.3) is 11.2 Å². The summed E-state index contributed by atoms with van der Waals surface area (Å²) in [5.41, 5.74) is 2.81. The van der Waals surface area contributed by atoms with Crippen LogP contribution in [0.5, 0.6) is 11.5 Å². The van der Waals surface area contributed by atoms with E-state index < -0.39 is 0 Å². The molecule has 0 aliphatic heterocycles. The van der Waals surface area contributed by atoms with Crippen molar-refractivity contribution in [2.45, 2.75) is 11.6 Å². The Morgan fingerprint density at radius 3 is 2.71 bits per heavy atom. The Hall–Kier alpha value is -3.66. The summed E-state index contributed by atoms with van der Waals surface area (Å²) in [5, 5.41) is 11.9. The normalized spacial score (nSPS) is 10.8. The van der Waals surface area contributed by atoms with Crippen LogP contribution in [0.2, 0.25) is 0 Å². The molecule has 2 heterocycles. The molecule has 158 valence electrons. The Bertz CT molecular complexity index is 1200. The van der Waals surface area contributed by atoms with Gasteiger partial charge in [0.25, 0.3) is 0 Å². The molecule has 1 N–H and O–H groups in total. The van der Waals surface area contributed by atoms with Crippen LogP contribution in [-0.2, 0) is 11.3 Å². The number of benzene rings is 2. The van der Waals surface area contributed by atoms with E-state index in [0.29, 0.717) is 39.9 Å². The molecule has 0 aliphatic rings. The van der Waals surface area contributed by atoms with Gasteiger partial charge in [0.15, 0.2) is 11.2 Å². The van der Waals surface area contributed by atoms with Gasteiger partial charge in [-0.1, -0.05) is 47.3 Å². The van der Waals surface area contributed by atoms with Crippen molar-refractivity contribution < 1.29 is 14.3 Å². The lowest BCUT2D eigenvalue weighted by atomic mass is 10.2. The number of ether oxygens (including phenoxy) is 2. The highest BCUT2D eigenvalue weighted by molar-refractivity contribution is 8.00. The number of hydrogen-bond acceptors (Lipinski definition) is 8. The number of carbonyl (C=O) groups excluding carboxylic acids is 1. The Morgan fingerprint density at radius 2 is 1.94 bits per heavy atom. The summed E-state index contributed by atoms with van der Waals surface area (Å²) >= 11 is 1.27. The number of hydrogen-bond donors (Lipinski definition) is 1. The zero-order valence-corrected chi connectivity index (χ0v) is 17.8. The number of rotatable bonds is 8. The molecule has 0 radical (unpaired) electrons. The molecule has 0 unspecified atom stereocenters. The van der Waals surface area contributed by atoms with Crippen molar-refractivity contribution in [2.24, 2.45) is 0 Å². The molecule has 0 atom stereocenters. The molecule has 0 saturated carbocycles. The second-order valence-electron chi connectivity index (χ2n) is 6.49. The quantitative estimate of drug-likeness (QED) is 0.332. The minimum atomic E-state index is -0.208. The highest BCUT2D eigenvalue weighted by Crippen LogP contribution is 2.29. The minimum Gasteiger partial charge on any atom is -0.497 e. The summed E-state index contributed by atoms with van der Waals surface area (Å²) < 4.78 is 12.2. The highest BCUT2D eigenvalue weighted by Gasteiger charge is 2.15. The van der Waals surface area contributed by atoms with Crippen LogP contribution in [0.3, 0.4) is 0 Å². The van der Waals surface area contributed by atoms with Crippen LogP contribution in [-0.4, -0.2) is 50.8 Å². The molecule has 2 aromatic heterocycles. The van der Waals surface area contributed by atoms with Crippen LogP contribution in [0.15, 0.2) is 59.9 Å². The molecule has 2 aromatic carbocycles. The van der Waals surface area contributed by atoms with Gasteiger partial charge in [0.05, 0.1) is 32.2 Å². The number of carbonyl (C=O) groups is 1. The summed E-state index contributed by atoms with van der Waals surface area (Å²) in [6.45, 7) is 0.550. The second kappa shape index (κ2) is 9.43. The average Bonchev–Trinajstić information content (AvgIpc) is 3.21. The minimum absolute atomic E-state index is 0.137. The molecule has 9 nitrogen and oxygen atoms in total. The molecule has 0 saturated heterocycles. The zero-order chi connectivity index (χ0) is 21.6. The van der Waals surface area contributed by atoms with E-state index >= 15 is 0 Å². The first-order valence-electron chi connectivity index (χ1n) is 9.40. The molecule has 0 fully saturated rings. The van der Waals surface area contributed by atoms with E-state index in [-0.39, 0.29) is 11.7 Å². The van der Waals surface area contributed by atoms with Gasteiger partial charge < -0.3 is 14.8 Å². The molecular formula is C21H20N6O3S. The topological polar surface area (TPSA) is 104 Å². The maximum absolute atomic E-state index is 12.5. The van der Waals surface area contributed by atoms with E-state index in [1.807, 2.05) is 30.3 Å². The number of nitrogens with one attached hydrogen (secondary N) is 1. The zero-order valence-electron chi connectivity index (χ0n) is 17.0. The van der Waals surface area contributed by atoms with E-state index in [1.54, 1.807) is 37.1 Å². The van der Waals surface area contributed by atoms with Crippen LogP contribution >= 0.6 is 11.8 Å². The Morgan fingerprint density at radius 1 is 1.10 bits per heavy atom. The average molecular weight is 436 g/mol. The first-order chi connectivity index (χ1) is 15.2. The lowest BCUT2D eigenvalue weighted by Crippen LogP contribution is -2.15. The third-order valence-electron chi connectivity index (χ3n) is 4.46. The fourth-order valence-corrected chi connectivity index (χ4v) is 3.70. The largest absolute Gasteiger partial charge is 0.497 e. The Balaban J connectivity index is 1.46. The predicted octanol–water partition coefficient (Wildman–Crippen LogP) is 3.02. The first kappa shape index (κ1) is 20.6. The third kappa shape index (κ3) is 4.75. The van der Waals surface area contributed by atoms with E-state index in [2.05, 4.69) is 25.6 Å². The summed E-state index contributed by atoms with van der Waals surface area (Å²) in [6, 6.07) is 15.1. The van der Waals surface area contributed by atoms with E-state index in [4.69, 9.17) is 9.47 Å². The molecule has 4 rings (SSSR count). The number of methoxy groups -OCH3 is 2. The van der Waals surface area contributed by atoms with Crippen molar-refractivity contribution in [1.29, 1.82) is 0 Å². The molecule has 31 heavy (non-hydrogen) atoms. The fraction of sp³-hybridized carbons (Fsp3) is 0.190. The van der Waals surface area contributed by atoms with Crippen molar-refractivity contribution in [3.63, 3.8) is 0 Å². The van der Waals surface area contributed by atoms with Crippen molar-refractivity contribution in [3.05, 3.63) is 60.4 Å². The van der Waals surface area contributed by atoms with Gasteiger partial charge >= 0.3 is 0 Å². The molecule has 0 aliphatic carbocycles. The van der Waals surface area contributed by atoms with Crippen molar-refractivity contribution in [3.8, 4) is 11.5 Å². The van der Waals surface area contributed by atoms with Crippen LogP contribution in [0.1, 0.15) is 5.56 Å². The van der Waals surface area contributed by atoms with Gasteiger partial charge in [-0.15, -0.1) is 5.10 Å². The summed E-state index contributed by atoms with van der Waals surface area (Å²) in [6.07, 6.45) is 1.46. The van der Waals surface area contributed by atoms with Gasteiger partial charge in [-0.2, -0.15) is 0 Å². The standard InChI is InChI=1S/C21H20N6O3S/c1-29-15-8-9-17(30-2)16(10-15)24-18(28)12-31-21-19-20(22-13-23-21)27(26-25-19)11-14-6-4-3-5-7-14/h3-10,13H,11-12H2,1-2H3,(H,24,28). The van der Waals surface area contributed by atoms with Gasteiger partial charge in [-0.05, 0) is 17.7 Å². The monoisotopic (exact) mass is 436 g/mol. The van der Waals surface area contributed by atoms with Crippen LogP contribution in [0, 0.1) is 0 Å². The maximum Gasteiger partial charge on any atom is 0.234 e. The van der Waals surface area contributed by atoms with Crippen molar-refractivity contribution in [1.82, 2.24) is 25.0 Å². The van der Waals surface area contributed by atoms with Gasteiger partial charge in [-0.25, -0.2) is 14.6 Å². The van der Waals surface area contributed by atoms with Crippen LogP contribution < -0.4 is 14.8 Å². The lowest BCUT2D eigenvalue weighted by Gasteiger charge is -2.11. The van der Waals surface area contributed by atoms with E-state index in [0.717, 1.165) is 5.56 Å². The van der Waals surface area contributed by atoms with E-state index in [1.165, 1.54) is 18.1 Å². The van der Waals surface area contributed by atoms with Gasteiger partial charge in [0, 0.05) is 6.07 Å². The van der Waals surface area contributed by atoms with Gasteiger partial charge in [0.1, 0.15) is 22.9 Å². The van der Waals surface area contributed by atoms with Crippen molar-refractivity contribution in [2.75, 3.05) is 25.3 Å². The third-order valence-corrected chi connectivity index (χ3v) is 5.44. The summed E-state index contributed by atoms with van der Waals surface area (Å²) in [5.74, 6) is 1.10. The maximum atomic E-state index is 12.5. The number of thioether (sulfide) groups is 1. The molecule has 0 spiro atoms. The number of amides is 1. The highest BCUT2D eigenvalue weighted by atomic mass is 32.2. The molecule has 0 bridgehead atoms. The van der Waals surface area contributed by atoms with Crippen molar-refractivity contribution >= 4 is 34.5 Å². The fourth-order valence-electron chi connectivity index (χ4n) is 2.97. The number of nitrogens with zero attached hydrogens (tertiary/aromatic N) is 5.